The highest BCUT2D eigenvalue weighted by Gasteiger charge is 2.25. The van der Waals surface area contributed by atoms with Gasteiger partial charge in [-0.1, -0.05) is 25.1 Å². The molecule has 1 aromatic carbocycles. The predicted octanol–water partition coefficient (Wildman–Crippen LogP) is 3.19. The zero-order chi connectivity index (χ0) is 14.7. The molecule has 2 aromatic rings. The monoisotopic (exact) mass is 284 g/mol. The predicted molar refractivity (Wildman–Crippen MR) is 86.5 cm³/mol. The van der Waals surface area contributed by atoms with E-state index in [0.29, 0.717) is 12.1 Å². The summed E-state index contributed by atoms with van der Waals surface area (Å²) >= 11 is 0. The molecule has 2 heterocycles. The van der Waals surface area contributed by atoms with Gasteiger partial charge < -0.3 is 15.6 Å². The number of aryl methyl sites for hydroxylation is 2. The summed E-state index contributed by atoms with van der Waals surface area (Å²) in [7, 11) is 0. The Morgan fingerprint density at radius 1 is 1.29 bits per heavy atom. The summed E-state index contributed by atoms with van der Waals surface area (Å²) in [4.78, 5) is 8.13. The second-order valence-electron chi connectivity index (χ2n) is 5.79. The maximum Gasteiger partial charge on any atom is 0.106 e. The van der Waals surface area contributed by atoms with Gasteiger partial charge in [0.15, 0.2) is 0 Å². The summed E-state index contributed by atoms with van der Waals surface area (Å²) in [6.07, 6.45) is 3.18. The molecule has 1 aromatic heterocycles. The van der Waals surface area contributed by atoms with Crippen LogP contribution in [0.4, 0.5) is 5.69 Å². The van der Waals surface area contributed by atoms with E-state index in [-0.39, 0.29) is 0 Å². The van der Waals surface area contributed by atoms with Crippen molar-refractivity contribution in [2.24, 2.45) is 0 Å². The SMILES string of the molecule is CCc1nc(C2CC(Nc3ccccc3)CCN2)c(C)[nH]1. The van der Waals surface area contributed by atoms with Crippen LogP contribution in [-0.4, -0.2) is 22.6 Å². The molecule has 3 rings (SSSR count). The molecule has 21 heavy (non-hydrogen) atoms. The van der Waals surface area contributed by atoms with Crippen LogP contribution >= 0.6 is 0 Å². The molecule has 0 bridgehead atoms. The topological polar surface area (TPSA) is 52.7 Å². The zero-order valence-corrected chi connectivity index (χ0v) is 12.8. The third-order valence-corrected chi connectivity index (χ3v) is 4.18. The Bertz CT molecular complexity index is 576. The summed E-state index contributed by atoms with van der Waals surface area (Å²) in [5, 5.41) is 7.25. The number of aromatic nitrogens is 2. The van der Waals surface area contributed by atoms with Crippen molar-refractivity contribution in [3.63, 3.8) is 0 Å². The lowest BCUT2D eigenvalue weighted by atomic mass is 9.96. The number of aromatic amines is 1. The van der Waals surface area contributed by atoms with E-state index in [1.807, 2.05) is 0 Å². The highest BCUT2D eigenvalue weighted by atomic mass is 15.0. The number of anilines is 1. The first kappa shape index (κ1) is 14.1. The number of hydrogen-bond donors (Lipinski definition) is 3. The molecule has 4 nitrogen and oxygen atoms in total. The number of nitrogens with one attached hydrogen (secondary N) is 3. The molecule has 0 amide bonds. The Balaban J connectivity index is 1.69. The van der Waals surface area contributed by atoms with Crippen molar-refractivity contribution in [2.75, 3.05) is 11.9 Å². The standard InChI is InChI=1S/C17H24N4/c1-3-16-19-12(2)17(21-16)15-11-14(9-10-18-15)20-13-7-5-4-6-8-13/h4-8,14-15,18,20H,3,9-11H2,1-2H3,(H,19,21). The van der Waals surface area contributed by atoms with Gasteiger partial charge in [0.25, 0.3) is 0 Å². The molecule has 2 atom stereocenters. The first-order chi connectivity index (χ1) is 10.3. The second kappa shape index (κ2) is 6.31. The molecule has 0 aliphatic carbocycles. The number of hydrogen-bond acceptors (Lipinski definition) is 3. The summed E-state index contributed by atoms with van der Waals surface area (Å²) in [5.41, 5.74) is 3.59. The Kier molecular flexibility index (Phi) is 4.25. The Hall–Kier alpha value is -1.81. The van der Waals surface area contributed by atoms with E-state index in [0.717, 1.165) is 31.6 Å². The van der Waals surface area contributed by atoms with Crippen molar-refractivity contribution >= 4 is 5.69 Å². The average Bonchev–Trinajstić information content (AvgIpc) is 2.90. The second-order valence-corrected chi connectivity index (χ2v) is 5.79. The van der Waals surface area contributed by atoms with Gasteiger partial charge in [-0.15, -0.1) is 0 Å². The fourth-order valence-electron chi connectivity index (χ4n) is 3.07. The normalized spacial score (nSPS) is 22.2. The van der Waals surface area contributed by atoms with Crippen molar-refractivity contribution in [1.82, 2.24) is 15.3 Å². The lowest BCUT2D eigenvalue weighted by molar-refractivity contribution is 0.378. The molecular weight excluding hydrogens is 260 g/mol. The van der Waals surface area contributed by atoms with Gasteiger partial charge in [-0.25, -0.2) is 4.98 Å². The van der Waals surface area contributed by atoms with Gasteiger partial charge in [0.1, 0.15) is 5.82 Å². The van der Waals surface area contributed by atoms with Crippen molar-refractivity contribution in [3.05, 3.63) is 47.5 Å². The zero-order valence-electron chi connectivity index (χ0n) is 12.8. The van der Waals surface area contributed by atoms with Crippen LogP contribution in [0, 0.1) is 6.92 Å². The van der Waals surface area contributed by atoms with E-state index in [4.69, 9.17) is 4.98 Å². The van der Waals surface area contributed by atoms with E-state index in [1.54, 1.807) is 0 Å². The maximum absolute atomic E-state index is 4.75. The van der Waals surface area contributed by atoms with Crippen LogP contribution in [0.2, 0.25) is 0 Å². The van der Waals surface area contributed by atoms with Crippen LogP contribution in [0.25, 0.3) is 0 Å². The van der Waals surface area contributed by atoms with E-state index < -0.39 is 0 Å². The Labute approximate surface area is 126 Å². The van der Waals surface area contributed by atoms with Crippen LogP contribution in [0.3, 0.4) is 0 Å². The minimum Gasteiger partial charge on any atom is -0.382 e. The molecule has 1 aliphatic heterocycles. The van der Waals surface area contributed by atoms with Crippen LogP contribution in [0.15, 0.2) is 30.3 Å². The molecule has 1 aliphatic rings. The first-order valence-corrected chi connectivity index (χ1v) is 7.86. The summed E-state index contributed by atoms with van der Waals surface area (Å²) in [6.45, 7) is 5.29. The van der Waals surface area contributed by atoms with Gasteiger partial charge in [0.2, 0.25) is 0 Å². The molecular formula is C17H24N4. The molecule has 3 N–H and O–H groups in total. The lowest BCUT2D eigenvalue weighted by Gasteiger charge is -2.31. The smallest absolute Gasteiger partial charge is 0.106 e. The Morgan fingerprint density at radius 2 is 2.10 bits per heavy atom. The largest absolute Gasteiger partial charge is 0.382 e. The number of imidazole rings is 1. The fraction of sp³-hybridized carbons (Fsp3) is 0.471. The van der Waals surface area contributed by atoms with Gasteiger partial charge in [-0.05, 0) is 38.4 Å². The van der Waals surface area contributed by atoms with Crippen molar-refractivity contribution in [3.8, 4) is 0 Å². The minimum absolute atomic E-state index is 0.344. The number of benzene rings is 1. The molecule has 2 unspecified atom stereocenters. The quantitative estimate of drug-likeness (QED) is 0.808. The van der Waals surface area contributed by atoms with Crippen molar-refractivity contribution in [2.45, 2.75) is 45.2 Å². The first-order valence-electron chi connectivity index (χ1n) is 7.86. The fourth-order valence-corrected chi connectivity index (χ4v) is 3.07. The van der Waals surface area contributed by atoms with E-state index >= 15 is 0 Å². The Morgan fingerprint density at radius 3 is 2.81 bits per heavy atom. The van der Waals surface area contributed by atoms with Crippen molar-refractivity contribution < 1.29 is 0 Å². The highest BCUT2D eigenvalue weighted by Crippen LogP contribution is 2.26. The van der Waals surface area contributed by atoms with Crippen LogP contribution in [0.1, 0.15) is 43.0 Å². The van der Waals surface area contributed by atoms with Gasteiger partial charge in [0.05, 0.1) is 11.7 Å². The molecule has 1 saturated heterocycles. The third-order valence-electron chi connectivity index (χ3n) is 4.18. The van der Waals surface area contributed by atoms with Crippen LogP contribution < -0.4 is 10.6 Å². The lowest BCUT2D eigenvalue weighted by Crippen LogP contribution is -2.38. The molecule has 0 radical (unpaired) electrons. The third kappa shape index (κ3) is 3.27. The van der Waals surface area contributed by atoms with Crippen molar-refractivity contribution in [1.29, 1.82) is 0 Å². The minimum atomic E-state index is 0.344. The number of rotatable bonds is 4. The summed E-state index contributed by atoms with van der Waals surface area (Å²) in [5.74, 6) is 1.09. The number of H-pyrrole nitrogens is 1. The number of nitrogens with zero attached hydrogens (tertiary/aromatic N) is 1. The van der Waals surface area contributed by atoms with E-state index in [1.165, 1.54) is 17.1 Å². The van der Waals surface area contributed by atoms with Gasteiger partial charge in [-0.2, -0.15) is 0 Å². The average molecular weight is 284 g/mol. The van der Waals surface area contributed by atoms with Gasteiger partial charge >= 0.3 is 0 Å². The molecule has 112 valence electrons. The summed E-state index contributed by atoms with van der Waals surface area (Å²) < 4.78 is 0. The van der Waals surface area contributed by atoms with Gasteiger partial charge in [-0.3, -0.25) is 0 Å². The molecule has 0 spiro atoms. The maximum atomic E-state index is 4.75. The van der Waals surface area contributed by atoms with Crippen LogP contribution in [0.5, 0.6) is 0 Å². The molecule has 0 saturated carbocycles. The highest BCUT2D eigenvalue weighted by molar-refractivity contribution is 5.43. The van der Waals surface area contributed by atoms with E-state index in [9.17, 15) is 0 Å². The molecule has 1 fully saturated rings. The number of para-hydroxylation sites is 1. The van der Waals surface area contributed by atoms with Gasteiger partial charge in [0, 0.05) is 23.8 Å². The molecule has 4 heteroatoms. The number of piperidine rings is 1. The van der Waals surface area contributed by atoms with Crippen LogP contribution in [-0.2, 0) is 6.42 Å². The van der Waals surface area contributed by atoms with E-state index in [2.05, 4.69) is 59.8 Å². The summed E-state index contributed by atoms with van der Waals surface area (Å²) in [6, 6.07) is 11.3.